The van der Waals surface area contributed by atoms with Gasteiger partial charge >= 0.3 is 5.97 Å². The van der Waals surface area contributed by atoms with Gasteiger partial charge in [0, 0.05) is 11.8 Å². The Morgan fingerprint density at radius 2 is 2.00 bits per heavy atom. The molecule has 0 radical (unpaired) electrons. The maximum absolute atomic E-state index is 10.7. The van der Waals surface area contributed by atoms with Crippen molar-refractivity contribution in [3.63, 3.8) is 0 Å². The zero-order valence-electron chi connectivity index (χ0n) is 7.83. The summed E-state index contributed by atoms with van der Waals surface area (Å²) in [6, 6.07) is 0. The van der Waals surface area contributed by atoms with Gasteiger partial charge in [0.25, 0.3) is 0 Å². The van der Waals surface area contributed by atoms with Crippen molar-refractivity contribution >= 4 is 21.9 Å². The Bertz CT molecular complexity index is 185. The predicted molar refractivity (Wildman–Crippen MR) is 57.9 cm³/mol. The third-order valence-corrected chi connectivity index (χ3v) is 1.81. The van der Waals surface area contributed by atoms with E-state index in [1.807, 2.05) is 18.2 Å². The topological polar surface area (TPSA) is 26.3 Å². The highest BCUT2D eigenvalue weighted by molar-refractivity contribution is 9.09. The number of ether oxygens (including phenoxy) is 1. The SMILES string of the molecule is COC(=O)CC/C=C\C/C=C\CBr. The molecule has 3 heteroatoms. The van der Waals surface area contributed by atoms with Crippen LogP contribution in [0.25, 0.3) is 0 Å². The molecule has 0 amide bonds. The van der Waals surface area contributed by atoms with Gasteiger partial charge in [0.15, 0.2) is 0 Å². The second-order valence-electron chi connectivity index (χ2n) is 2.45. The lowest BCUT2D eigenvalue weighted by atomic mass is 10.2. The minimum Gasteiger partial charge on any atom is -0.469 e. The fraction of sp³-hybridized carbons (Fsp3) is 0.500. The van der Waals surface area contributed by atoms with Crippen molar-refractivity contribution in [2.75, 3.05) is 12.4 Å². The number of hydrogen-bond acceptors (Lipinski definition) is 2. The number of halogens is 1. The first-order chi connectivity index (χ1) is 6.31. The lowest BCUT2D eigenvalue weighted by Crippen LogP contribution is -1.97. The minimum atomic E-state index is -0.152. The minimum absolute atomic E-state index is 0.152. The van der Waals surface area contributed by atoms with Crippen LogP contribution < -0.4 is 0 Å². The van der Waals surface area contributed by atoms with Crippen molar-refractivity contribution < 1.29 is 9.53 Å². The van der Waals surface area contributed by atoms with E-state index in [0.29, 0.717) is 6.42 Å². The molecule has 0 aliphatic rings. The molecule has 0 N–H and O–H groups in total. The van der Waals surface area contributed by atoms with Crippen LogP contribution in [0.3, 0.4) is 0 Å². The summed E-state index contributed by atoms with van der Waals surface area (Å²) in [7, 11) is 1.41. The smallest absolute Gasteiger partial charge is 0.305 e. The average molecular weight is 247 g/mol. The van der Waals surface area contributed by atoms with Crippen LogP contribution in [0.1, 0.15) is 19.3 Å². The van der Waals surface area contributed by atoms with Crippen molar-refractivity contribution in [3.05, 3.63) is 24.3 Å². The maximum Gasteiger partial charge on any atom is 0.305 e. The van der Waals surface area contributed by atoms with E-state index < -0.39 is 0 Å². The van der Waals surface area contributed by atoms with E-state index in [1.54, 1.807) is 0 Å². The van der Waals surface area contributed by atoms with Crippen molar-refractivity contribution in [1.29, 1.82) is 0 Å². The lowest BCUT2D eigenvalue weighted by Gasteiger charge is -1.93. The molecule has 0 aliphatic carbocycles. The van der Waals surface area contributed by atoms with E-state index in [4.69, 9.17) is 0 Å². The highest BCUT2D eigenvalue weighted by atomic mass is 79.9. The van der Waals surface area contributed by atoms with Crippen LogP contribution in [0, 0.1) is 0 Å². The molecule has 0 spiro atoms. The number of allylic oxidation sites excluding steroid dienone is 4. The second-order valence-corrected chi connectivity index (χ2v) is 3.10. The summed E-state index contributed by atoms with van der Waals surface area (Å²) in [4.78, 5) is 10.7. The molecule has 0 bridgehead atoms. The van der Waals surface area contributed by atoms with E-state index in [-0.39, 0.29) is 5.97 Å². The Balaban J connectivity index is 3.31. The molecule has 0 aromatic carbocycles. The largest absolute Gasteiger partial charge is 0.469 e. The van der Waals surface area contributed by atoms with Crippen LogP contribution in [0.15, 0.2) is 24.3 Å². The summed E-state index contributed by atoms with van der Waals surface area (Å²) in [5, 5.41) is 0.892. The highest BCUT2D eigenvalue weighted by Crippen LogP contribution is 1.95. The molecule has 0 rings (SSSR count). The number of hydrogen-bond donors (Lipinski definition) is 0. The molecule has 0 aliphatic heterocycles. The van der Waals surface area contributed by atoms with Gasteiger partial charge in [-0.15, -0.1) is 0 Å². The van der Waals surface area contributed by atoms with Crippen molar-refractivity contribution in [3.8, 4) is 0 Å². The molecule has 0 atom stereocenters. The van der Waals surface area contributed by atoms with Crippen LogP contribution in [-0.4, -0.2) is 18.4 Å². The normalized spacial score (nSPS) is 11.2. The van der Waals surface area contributed by atoms with Gasteiger partial charge < -0.3 is 4.74 Å². The molecule has 0 saturated heterocycles. The molecule has 2 nitrogen and oxygen atoms in total. The number of rotatable bonds is 6. The van der Waals surface area contributed by atoms with Gasteiger partial charge in [-0.3, -0.25) is 4.79 Å². The summed E-state index contributed by atoms with van der Waals surface area (Å²) >= 11 is 3.29. The van der Waals surface area contributed by atoms with Crippen LogP contribution in [0.2, 0.25) is 0 Å². The average Bonchev–Trinajstić information content (AvgIpc) is 2.16. The fourth-order valence-corrected chi connectivity index (χ4v) is 1.02. The summed E-state index contributed by atoms with van der Waals surface area (Å²) in [5.41, 5.74) is 0. The van der Waals surface area contributed by atoms with Crippen LogP contribution >= 0.6 is 15.9 Å². The first-order valence-electron chi connectivity index (χ1n) is 4.24. The second kappa shape index (κ2) is 9.52. The van der Waals surface area contributed by atoms with E-state index in [2.05, 4.69) is 26.7 Å². The number of carbonyl (C=O) groups is 1. The zero-order chi connectivity index (χ0) is 9.94. The van der Waals surface area contributed by atoms with Crippen LogP contribution in [-0.2, 0) is 9.53 Å². The van der Waals surface area contributed by atoms with Crippen molar-refractivity contribution in [2.45, 2.75) is 19.3 Å². The molecule has 74 valence electrons. The van der Waals surface area contributed by atoms with Crippen molar-refractivity contribution in [2.24, 2.45) is 0 Å². The van der Waals surface area contributed by atoms with Gasteiger partial charge in [-0.05, 0) is 12.8 Å². The van der Waals surface area contributed by atoms with Crippen LogP contribution in [0.5, 0.6) is 0 Å². The molecule has 0 unspecified atom stereocenters. The fourth-order valence-electron chi connectivity index (χ4n) is 0.755. The Kier molecular flexibility index (Phi) is 9.10. The summed E-state index contributed by atoms with van der Waals surface area (Å²) in [6.07, 6.45) is 10.3. The molecular formula is C10H15BrO2. The Morgan fingerprint density at radius 1 is 1.31 bits per heavy atom. The predicted octanol–water partition coefficient (Wildman–Crippen LogP) is 2.84. The Labute approximate surface area is 87.8 Å². The first-order valence-corrected chi connectivity index (χ1v) is 5.36. The van der Waals surface area contributed by atoms with Gasteiger partial charge in [0.2, 0.25) is 0 Å². The number of methoxy groups -OCH3 is 1. The third kappa shape index (κ3) is 9.34. The lowest BCUT2D eigenvalue weighted by molar-refractivity contribution is -0.140. The Hall–Kier alpha value is -0.570. The molecule has 0 saturated carbocycles. The molecule has 13 heavy (non-hydrogen) atoms. The summed E-state index contributed by atoms with van der Waals surface area (Å²) in [5.74, 6) is -0.152. The van der Waals surface area contributed by atoms with Crippen molar-refractivity contribution in [1.82, 2.24) is 0 Å². The molecule has 0 aromatic heterocycles. The number of carbonyl (C=O) groups excluding carboxylic acids is 1. The number of esters is 1. The monoisotopic (exact) mass is 246 g/mol. The Morgan fingerprint density at radius 3 is 2.62 bits per heavy atom. The van der Waals surface area contributed by atoms with Gasteiger partial charge in [0.05, 0.1) is 7.11 Å². The van der Waals surface area contributed by atoms with E-state index >= 15 is 0 Å². The molecular weight excluding hydrogens is 232 g/mol. The van der Waals surface area contributed by atoms with E-state index in [0.717, 1.165) is 18.2 Å². The van der Waals surface area contributed by atoms with E-state index in [9.17, 15) is 4.79 Å². The van der Waals surface area contributed by atoms with Gasteiger partial charge in [-0.1, -0.05) is 40.2 Å². The summed E-state index contributed by atoms with van der Waals surface area (Å²) < 4.78 is 4.50. The van der Waals surface area contributed by atoms with E-state index in [1.165, 1.54) is 7.11 Å². The van der Waals surface area contributed by atoms with Gasteiger partial charge in [-0.25, -0.2) is 0 Å². The van der Waals surface area contributed by atoms with Gasteiger partial charge in [0.1, 0.15) is 0 Å². The highest BCUT2D eigenvalue weighted by Gasteiger charge is 1.94. The van der Waals surface area contributed by atoms with Crippen LogP contribution in [0.4, 0.5) is 0 Å². The standard InChI is InChI=1S/C10H15BrO2/c1-13-10(12)8-6-4-2-3-5-7-9-11/h2,4-5,7H,3,6,8-9H2,1H3/b4-2-,7-5-. The third-order valence-electron chi connectivity index (χ3n) is 1.44. The molecule has 0 fully saturated rings. The summed E-state index contributed by atoms with van der Waals surface area (Å²) in [6.45, 7) is 0. The zero-order valence-corrected chi connectivity index (χ0v) is 9.42. The number of alkyl halides is 1. The molecule has 0 aromatic rings. The molecule has 0 heterocycles. The first kappa shape index (κ1) is 12.4. The quantitative estimate of drug-likeness (QED) is 0.410. The maximum atomic E-state index is 10.7. The van der Waals surface area contributed by atoms with Gasteiger partial charge in [-0.2, -0.15) is 0 Å².